The van der Waals surface area contributed by atoms with Gasteiger partial charge in [0.15, 0.2) is 0 Å². The van der Waals surface area contributed by atoms with Crippen LogP contribution < -0.4 is 10.1 Å². The van der Waals surface area contributed by atoms with Gasteiger partial charge in [0, 0.05) is 16.6 Å². The average molecular weight is 467 g/mol. The molecule has 8 heteroatoms. The van der Waals surface area contributed by atoms with Gasteiger partial charge >= 0.3 is 5.97 Å². The van der Waals surface area contributed by atoms with Gasteiger partial charge in [-0.15, -0.1) is 11.3 Å². The normalized spacial score (nSPS) is 22.5. The number of aryl methyl sites for hydroxylation is 1. The number of ether oxygens (including phenoxy) is 1. The number of benzene rings is 1. The molecule has 0 aliphatic heterocycles. The molecular weight excluding hydrogens is 436 g/mol. The fourth-order valence-electron chi connectivity index (χ4n) is 5.15. The Bertz CT molecular complexity index is 1140. The highest BCUT2D eigenvalue weighted by Crippen LogP contribution is 2.48. The third-order valence-corrected chi connectivity index (χ3v) is 8.02. The molecule has 0 unspecified atom stereocenters. The number of rotatable bonds is 7. The van der Waals surface area contributed by atoms with Gasteiger partial charge in [-0.2, -0.15) is 4.98 Å². The molecule has 0 saturated heterocycles. The Labute approximate surface area is 197 Å². The van der Waals surface area contributed by atoms with E-state index in [9.17, 15) is 9.90 Å². The number of fused-ring (bicyclic) bond motifs is 3. The average Bonchev–Trinajstić information content (AvgIpc) is 3.34. The molecule has 1 aromatic carbocycles. The maximum atomic E-state index is 11.5. The van der Waals surface area contributed by atoms with Crippen LogP contribution in [-0.2, 0) is 11.2 Å². The molecule has 0 radical (unpaired) electrons. The number of aromatic nitrogens is 2. The van der Waals surface area contributed by atoms with Crippen LogP contribution in [0.25, 0.3) is 10.2 Å². The summed E-state index contributed by atoms with van der Waals surface area (Å²) in [5, 5.41) is 13.7. The molecule has 33 heavy (non-hydrogen) atoms. The quantitative estimate of drug-likeness (QED) is 0.495. The van der Waals surface area contributed by atoms with Crippen molar-refractivity contribution in [3.63, 3.8) is 0 Å². The predicted octanol–water partition coefficient (Wildman–Crippen LogP) is 5.19. The molecule has 3 aromatic rings. The van der Waals surface area contributed by atoms with Crippen molar-refractivity contribution < 1.29 is 14.6 Å². The van der Waals surface area contributed by atoms with Crippen LogP contribution in [0.15, 0.2) is 30.3 Å². The smallest absolute Gasteiger partial charge is 0.303 e. The monoisotopic (exact) mass is 466 g/mol. The van der Waals surface area contributed by atoms with Crippen LogP contribution >= 0.6 is 11.3 Å². The largest absolute Gasteiger partial charge is 0.481 e. The third-order valence-electron chi connectivity index (χ3n) is 6.86. The van der Waals surface area contributed by atoms with Crippen LogP contribution in [-0.4, -0.2) is 52.2 Å². The van der Waals surface area contributed by atoms with Gasteiger partial charge in [0.05, 0.1) is 11.8 Å². The maximum Gasteiger partial charge on any atom is 0.303 e. The zero-order chi connectivity index (χ0) is 22.9. The number of nitrogens with one attached hydrogen (secondary N) is 1. The summed E-state index contributed by atoms with van der Waals surface area (Å²) in [6, 6.07) is 10.5. The number of nitrogens with zero attached hydrogens (tertiary/aromatic N) is 3. The van der Waals surface area contributed by atoms with Crippen molar-refractivity contribution in [2.45, 2.75) is 63.0 Å². The molecule has 2 aliphatic rings. The number of aliphatic carboxylic acids is 1. The van der Waals surface area contributed by atoms with E-state index in [0.717, 1.165) is 60.0 Å². The number of hydrogen-bond donors (Lipinski definition) is 2. The second-order valence-electron chi connectivity index (χ2n) is 9.31. The van der Waals surface area contributed by atoms with Gasteiger partial charge < -0.3 is 20.1 Å². The number of anilines is 2. The van der Waals surface area contributed by atoms with Gasteiger partial charge in [-0.25, -0.2) is 4.98 Å². The lowest BCUT2D eigenvalue weighted by Gasteiger charge is -2.32. The molecule has 1 fully saturated rings. The summed E-state index contributed by atoms with van der Waals surface area (Å²) < 4.78 is 6.56. The van der Waals surface area contributed by atoms with Crippen LogP contribution in [0.1, 0.15) is 54.9 Å². The molecular formula is C25H30N4O3S. The molecule has 7 nitrogen and oxygen atoms in total. The van der Waals surface area contributed by atoms with Gasteiger partial charge in [-0.1, -0.05) is 18.2 Å². The van der Waals surface area contributed by atoms with E-state index in [0.29, 0.717) is 17.9 Å². The van der Waals surface area contributed by atoms with Crippen molar-refractivity contribution in [3.05, 3.63) is 40.8 Å². The molecule has 0 bridgehead atoms. The van der Waals surface area contributed by atoms with E-state index in [2.05, 4.69) is 24.3 Å². The Balaban J connectivity index is 1.50. The summed E-state index contributed by atoms with van der Waals surface area (Å²) in [5.74, 6) is 0.344. The zero-order valence-electron chi connectivity index (χ0n) is 19.1. The Hall–Kier alpha value is -2.71. The number of hydrogen-bond acceptors (Lipinski definition) is 7. The first-order valence-corrected chi connectivity index (χ1v) is 12.5. The lowest BCUT2D eigenvalue weighted by atomic mass is 9.92. The molecule has 2 aliphatic carbocycles. The van der Waals surface area contributed by atoms with E-state index in [1.54, 1.807) is 11.3 Å². The number of carboxylic acids is 1. The van der Waals surface area contributed by atoms with E-state index in [4.69, 9.17) is 14.7 Å². The topological polar surface area (TPSA) is 87.6 Å². The fraction of sp³-hybridized carbons (Fsp3) is 0.480. The number of thiophene rings is 1. The second kappa shape index (κ2) is 9.27. The lowest BCUT2D eigenvalue weighted by Crippen LogP contribution is -2.35. The van der Waals surface area contributed by atoms with Gasteiger partial charge in [-0.3, -0.25) is 4.79 Å². The minimum Gasteiger partial charge on any atom is -0.481 e. The summed E-state index contributed by atoms with van der Waals surface area (Å²) in [6.07, 6.45) is 6.18. The first kappa shape index (κ1) is 22.1. The minimum absolute atomic E-state index is 0.00499. The van der Waals surface area contributed by atoms with Crippen molar-refractivity contribution >= 4 is 39.2 Å². The Kier molecular flexibility index (Phi) is 6.21. The highest BCUT2D eigenvalue weighted by Gasteiger charge is 2.33. The van der Waals surface area contributed by atoms with Crippen LogP contribution in [0, 0.1) is 0 Å². The van der Waals surface area contributed by atoms with Crippen LogP contribution in [0.5, 0.6) is 5.88 Å². The molecule has 174 valence electrons. The van der Waals surface area contributed by atoms with E-state index in [-0.39, 0.29) is 18.4 Å². The molecule has 1 saturated carbocycles. The van der Waals surface area contributed by atoms with E-state index in [1.807, 2.05) is 30.3 Å². The standard InChI is InChI=1S/C25H30N4O3S/c1-29(2)17-9-11-18(12-10-17)32-23-22-21-15(14-20(30)31)8-13-19(21)33-24(22)28-25(27-23)26-16-6-4-3-5-7-16/h3-7,15,17-18H,8-14H2,1-2H3,(H,30,31)(H,26,27,28)/t15-,17-,18-/m1/s1. The zero-order valence-corrected chi connectivity index (χ0v) is 19.9. The van der Waals surface area contributed by atoms with Gasteiger partial charge in [0.25, 0.3) is 0 Å². The molecule has 2 N–H and O–H groups in total. The minimum atomic E-state index is -0.764. The maximum absolute atomic E-state index is 11.5. The molecule has 2 heterocycles. The molecule has 1 atom stereocenters. The lowest BCUT2D eigenvalue weighted by molar-refractivity contribution is -0.137. The first-order valence-electron chi connectivity index (χ1n) is 11.7. The Morgan fingerprint density at radius 1 is 1.15 bits per heavy atom. The number of carbonyl (C=O) groups is 1. The van der Waals surface area contributed by atoms with Crippen molar-refractivity contribution in [2.75, 3.05) is 19.4 Å². The second-order valence-corrected chi connectivity index (χ2v) is 10.4. The predicted molar refractivity (Wildman–Crippen MR) is 131 cm³/mol. The fourth-order valence-corrected chi connectivity index (χ4v) is 6.41. The van der Waals surface area contributed by atoms with Gasteiger partial charge in [-0.05, 0) is 76.2 Å². The highest BCUT2D eigenvalue weighted by atomic mass is 32.1. The SMILES string of the molecule is CN(C)[C@H]1CC[C@H](Oc2nc(Nc3ccccc3)nc3sc4c(c23)[C@@H](CC(=O)O)CC4)CC1. The van der Waals surface area contributed by atoms with E-state index in [1.165, 1.54) is 4.88 Å². The molecule has 5 rings (SSSR count). The summed E-state index contributed by atoms with van der Waals surface area (Å²) in [4.78, 5) is 25.5. The van der Waals surface area contributed by atoms with Crippen molar-refractivity contribution in [2.24, 2.45) is 0 Å². The Morgan fingerprint density at radius 2 is 1.91 bits per heavy atom. The van der Waals surface area contributed by atoms with Crippen molar-refractivity contribution in [1.29, 1.82) is 0 Å². The highest BCUT2D eigenvalue weighted by molar-refractivity contribution is 7.19. The summed E-state index contributed by atoms with van der Waals surface area (Å²) >= 11 is 1.65. The molecule has 0 spiro atoms. The van der Waals surface area contributed by atoms with E-state index >= 15 is 0 Å². The van der Waals surface area contributed by atoms with Crippen LogP contribution in [0.4, 0.5) is 11.6 Å². The number of carboxylic acid groups (broad SMARTS) is 1. The molecule has 0 amide bonds. The van der Waals surface area contributed by atoms with Crippen LogP contribution in [0.2, 0.25) is 0 Å². The first-order chi connectivity index (χ1) is 16.0. The molecule has 2 aromatic heterocycles. The summed E-state index contributed by atoms with van der Waals surface area (Å²) in [7, 11) is 4.27. The summed E-state index contributed by atoms with van der Waals surface area (Å²) in [5.41, 5.74) is 2.02. The Morgan fingerprint density at radius 3 is 2.61 bits per heavy atom. The van der Waals surface area contributed by atoms with Crippen molar-refractivity contribution in [3.8, 4) is 5.88 Å². The van der Waals surface area contributed by atoms with Gasteiger partial charge in [0.2, 0.25) is 11.8 Å². The number of para-hydroxylation sites is 1. The van der Waals surface area contributed by atoms with Gasteiger partial charge in [0.1, 0.15) is 10.9 Å². The van der Waals surface area contributed by atoms with Crippen LogP contribution in [0.3, 0.4) is 0 Å². The third kappa shape index (κ3) is 4.68. The van der Waals surface area contributed by atoms with Crippen molar-refractivity contribution in [1.82, 2.24) is 14.9 Å². The summed E-state index contributed by atoms with van der Waals surface area (Å²) in [6.45, 7) is 0. The van der Waals surface area contributed by atoms with E-state index < -0.39 is 5.97 Å².